The molecule has 3 rings (SSSR count). The van der Waals surface area contributed by atoms with Crippen LogP contribution in [0, 0.1) is 0 Å². The van der Waals surface area contributed by atoms with Crippen LogP contribution in [0.4, 0.5) is 0 Å². The maximum Gasteiger partial charge on any atom is 0.226 e. The molecule has 2 aromatic rings. The highest BCUT2D eigenvalue weighted by molar-refractivity contribution is 5.78. The van der Waals surface area contributed by atoms with Crippen molar-refractivity contribution in [2.45, 2.75) is 45.0 Å². The summed E-state index contributed by atoms with van der Waals surface area (Å²) in [6.07, 6.45) is 3.58. The van der Waals surface area contributed by atoms with Gasteiger partial charge < -0.3 is 19.3 Å². The topological polar surface area (TPSA) is 73.6 Å². The first kappa shape index (κ1) is 17.6. The Morgan fingerprint density at radius 1 is 1.28 bits per heavy atom. The summed E-state index contributed by atoms with van der Waals surface area (Å²) >= 11 is 0. The number of amides is 1. The Bertz CT molecular complexity index is 650. The Morgan fingerprint density at radius 3 is 2.96 bits per heavy atom. The smallest absolute Gasteiger partial charge is 0.226 e. The molecular weight excluding hydrogens is 320 g/mol. The fourth-order valence-electron chi connectivity index (χ4n) is 2.82. The van der Waals surface area contributed by atoms with Crippen molar-refractivity contribution in [3.63, 3.8) is 0 Å². The average Bonchev–Trinajstić information content (AvgIpc) is 3.28. The van der Waals surface area contributed by atoms with Gasteiger partial charge in [0.25, 0.3) is 0 Å². The summed E-state index contributed by atoms with van der Waals surface area (Å²) in [5.41, 5.74) is 1.72. The zero-order valence-electron chi connectivity index (χ0n) is 14.3. The second-order valence-corrected chi connectivity index (χ2v) is 6.21. The normalized spacial score (nSPS) is 16.9. The van der Waals surface area contributed by atoms with Crippen molar-refractivity contribution < 1.29 is 18.8 Å². The molecule has 1 saturated heterocycles. The number of aromatic nitrogens is 1. The zero-order valence-corrected chi connectivity index (χ0v) is 14.3. The molecule has 0 aliphatic carbocycles. The van der Waals surface area contributed by atoms with E-state index in [0.717, 1.165) is 31.4 Å². The van der Waals surface area contributed by atoms with Gasteiger partial charge in [0.05, 0.1) is 24.8 Å². The molecule has 2 heterocycles. The van der Waals surface area contributed by atoms with Crippen molar-refractivity contribution in [3.8, 4) is 0 Å². The van der Waals surface area contributed by atoms with Gasteiger partial charge in [-0.05, 0) is 24.8 Å². The number of carbonyl (C=O) groups is 1. The second kappa shape index (κ2) is 9.34. The third kappa shape index (κ3) is 5.99. The third-order valence-electron chi connectivity index (χ3n) is 4.12. The third-order valence-corrected chi connectivity index (χ3v) is 4.12. The molecule has 25 heavy (non-hydrogen) atoms. The number of carbonyl (C=O) groups excluding carboxylic acids is 1. The Labute approximate surface area is 147 Å². The largest absolute Gasteiger partial charge is 0.378 e. The van der Waals surface area contributed by atoms with Gasteiger partial charge in [0.2, 0.25) is 5.91 Å². The van der Waals surface area contributed by atoms with E-state index >= 15 is 0 Å². The average molecular weight is 344 g/mol. The van der Waals surface area contributed by atoms with E-state index in [-0.39, 0.29) is 12.3 Å². The molecule has 1 unspecified atom stereocenters. The molecule has 1 N–H and O–H groups in total. The molecule has 6 nitrogen and oxygen atoms in total. The minimum absolute atomic E-state index is 0.0527. The van der Waals surface area contributed by atoms with Crippen molar-refractivity contribution in [3.05, 3.63) is 53.4 Å². The van der Waals surface area contributed by atoms with Crippen LogP contribution in [0.15, 0.2) is 40.9 Å². The van der Waals surface area contributed by atoms with Crippen LogP contribution in [0.1, 0.15) is 36.3 Å². The number of ether oxygens (including phenoxy) is 2. The van der Waals surface area contributed by atoms with E-state index in [1.54, 1.807) is 6.07 Å². The van der Waals surface area contributed by atoms with Crippen molar-refractivity contribution in [1.82, 2.24) is 10.5 Å². The van der Waals surface area contributed by atoms with Gasteiger partial charge in [0.1, 0.15) is 6.61 Å². The lowest BCUT2D eigenvalue weighted by Crippen LogP contribution is -2.28. The highest BCUT2D eigenvalue weighted by Gasteiger charge is 2.15. The SMILES string of the molecule is O=C(Cc1cc(COCc2ccccc2)on1)NCCC1CCCO1. The summed E-state index contributed by atoms with van der Waals surface area (Å²) in [5.74, 6) is 0.570. The monoisotopic (exact) mass is 344 g/mol. The number of rotatable bonds is 9. The van der Waals surface area contributed by atoms with Crippen LogP contribution < -0.4 is 5.32 Å². The van der Waals surface area contributed by atoms with Gasteiger partial charge >= 0.3 is 0 Å². The molecule has 1 aromatic carbocycles. The van der Waals surface area contributed by atoms with Crippen LogP contribution in [0.25, 0.3) is 0 Å². The van der Waals surface area contributed by atoms with E-state index in [1.165, 1.54) is 0 Å². The number of nitrogens with zero attached hydrogens (tertiary/aromatic N) is 1. The highest BCUT2D eigenvalue weighted by atomic mass is 16.5. The molecule has 0 saturated carbocycles. The Balaban J connectivity index is 1.33. The molecule has 1 amide bonds. The van der Waals surface area contributed by atoms with E-state index in [2.05, 4.69) is 10.5 Å². The lowest BCUT2D eigenvalue weighted by Gasteiger charge is -2.09. The van der Waals surface area contributed by atoms with Crippen molar-refractivity contribution in [1.29, 1.82) is 0 Å². The molecule has 1 aliphatic heterocycles. The standard InChI is InChI=1S/C19H24N2O4/c22-19(20-9-8-17-7-4-10-24-17)12-16-11-18(25-21-16)14-23-13-15-5-2-1-3-6-15/h1-3,5-6,11,17H,4,7-10,12-14H2,(H,20,22). The Morgan fingerprint density at radius 2 is 2.16 bits per heavy atom. The minimum Gasteiger partial charge on any atom is -0.378 e. The molecule has 1 aliphatic rings. The molecule has 6 heteroatoms. The molecule has 1 fully saturated rings. The van der Waals surface area contributed by atoms with Gasteiger partial charge in [0.15, 0.2) is 5.76 Å². The molecular formula is C19H24N2O4. The number of hydrogen-bond acceptors (Lipinski definition) is 5. The van der Waals surface area contributed by atoms with Crippen LogP contribution >= 0.6 is 0 Å². The van der Waals surface area contributed by atoms with Gasteiger partial charge in [-0.1, -0.05) is 35.5 Å². The van der Waals surface area contributed by atoms with Crippen LogP contribution in [-0.2, 0) is 33.9 Å². The number of hydrogen-bond donors (Lipinski definition) is 1. The summed E-state index contributed by atoms with van der Waals surface area (Å²) in [5, 5.41) is 6.83. The first-order chi connectivity index (χ1) is 12.3. The van der Waals surface area contributed by atoms with Crippen LogP contribution in [-0.4, -0.2) is 30.3 Å². The maximum absolute atomic E-state index is 11.9. The van der Waals surface area contributed by atoms with Gasteiger partial charge in [-0.15, -0.1) is 0 Å². The lowest BCUT2D eigenvalue weighted by atomic mass is 10.2. The number of benzene rings is 1. The summed E-state index contributed by atoms with van der Waals surface area (Å²) in [4.78, 5) is 11.9. The summed E-state index contributed by atoms with van der Waals surface area (Å²) in [6, 6.07) is 11.7. The maximum atomic E-state index is 11.9. The predicted octanol–water partition coefficient (Wildman–Crippen LogP) is 2.62. The van der Waals surface area contributed by atoms with Gasteiger partial charge in [0, 0.05) is 19.2 Å². The molecule has 1 aromatic heterocycles. The molecule has 134 valence electrons. The predicted molar refractivity (Wildman–Crippen MR) is 91.7 cm³/mol. The van der Waals surface area contributed by atoms with E-state index in [0.29, 0.717) is 37.3 Å². The summed E-state index contributed by atoms with van der Waals surface area (Å²) in [7, 11) is 0. The fraction of sp³-hybridized carbons (Fsp3) is 0.474. The minimum atomic E-state index is -0.0527. The van der Waals surface area contributed by atoms with E-state index < -0.39 is 0 Å². The van der Waals surface area contributed by atoms with Gasteiger partial charge in [-0.2, -0.15) is 0 Å². The quantitative estimate of drug-likeness (QED) is 0.757. The second-order valence-electron chi connectivity index (χ2n) is 6.21. The van der Waals surface area contributed by atoms with Crippen molar-refractivity contribution >= 4 is 5.91 Å². The van der Waals surface area contributed by atoms with Crippen molar-refractivity contribution in [2.24, 2.45) is 0 Å². The lowest BCUT2D eigenvalue weighted by molar-refractivity contribution is -0.120. The summed E-state index contributed by atoms with van der Waals surface area (Å²) < 4.78 is 16.3. The van der Waals surface area contributed by atoms with Crippen LogP contribution in [0.5, 0.6) is 0 Å². The van der Waals surface area contributed by atoms with E-state index in [9.17, 15) is 4.79 Å². The van der Waals surface area contributed by atoms with Gasteiger partial charge in [-0.25, -0.2) is 0 Å². The fourth-order valence-corrected chi connectivity index (χ4v) is 2.82. The molecule has 0 bridgehead atoms. The van der Waals surface area contributed by atoms with Crippen LogP contribution in [0.3, 0.4) is 0 Å². The van der Waals surface area contributed by atoms with Gasteiger partial charge in [-0.3, -0.25) is 4.79 Å². The molecule has 0 radical (unpaired) electrons. The van der Waals surface area contributed by atoms with E-state index in [1.807, 2.05) is 30.3 Å². The van der Waals surface area contributed by atoms with E-state index in [4.69, 9.17) is 14.0 Å². The Kier molecular flexibility index (Phi) is 6.59. The first-order valence-electron chi connectivity index (χ1n) is 8.74. The van der Waals surface area contributed by atoms with Crippen LogP contribution in [0.2, 0.25) is 0 Å². The zero-order chi connectivity index (χ0) is 17.3. The highest BCUT2D eigenvalue weighted by Crippen LogP contribution is 2.14. The number of nitrogens with one attached hydrogen (secondary N) is 1. The summed E-state index contributed by atoms with van der Waals surface area (Å²) in [6.45, 7) is 2.32. The Hall–Kier alpha value is -2.18. The molecule has 1 atom stereocenters. The molecule has 0 spiro atoms. The first-order valence-corrected chi connectivity index (χ1v) is 8.74. The van der Waals surface area contributed by atoms with Crippen molar-refractivity contribution in [2.75, 3.05) is 13.2 Å².